The molecule has 1 spiro atoms. The summed E-state index contributed by atoms with van der Waals surface area (Å²) in [6, 6.07) is 7.49. The van der Waals surface area contributed by atoms with Crippen LogP contribution in [-0.4, -0.2) is 26.8 Å². The first-order chi connectivity index (χ1) is 11.5. The van der Waals surface area contributed by atoms with Crippen LogP contribution >= 0.6 is 11.6 Å². The number of hydrogen-bond donors (Lipinski definition) is 2. The highest BCUT2D eigenvalue weighted by Gasteiger charge is 2.53. The molecule has 1 aliphatic carbocycles. The standard InChI is InChI=1S/C17H16ClN3O3/c18-12-3-1-2-10(4-12)9-21-15-13(8-19-21)17(7-14(22)20-15)5-11(6-17)16(23)24/h1-4,8,11H,5-7,9H2,(H,20,22)(H,23,24). The van der Waals surface area contributed by atoms with Crippen molar-refractivity contribution in [1.29, 1.82) is 0 Å². The third-order valence-corrected chi connectivity index (χ3v) is 5.25. The summed E-state index contributed by atoms with van der Waals surface area (Å²) in [6.07, 6.45) is 3.07. The number of carboxylic acid groups (broad SMARTS) is 1. The third kappa shape index (κ3) is 2.38. The van der Waals surface area contributed by atoms with Crippen LogP contribution < -0.4 is 5.32 Å². The van der Waals surface area contributed by atoms with Gasteiger partial charge in [0.15, 0.2) is 0 Å². The molecule has 0 saturated heterocycles. The van der Waals surface area contributed by atoms with Gasteiger partial charge in [0.05, 0.1) is 18.7 Å². The van der Waals surface area contributed by atoms with Crippen molar-refractivity contribution in [2.24, 2.45) is 5.92 Å². The Bertz CT molecular complexity index is 839. The van der Waals surface area contributed by atoms with Crippen LogP contribution in [0.25, 0.3) is 0 Å². The van der Waals surface area contributed by atoms with Crippen LogP contribution in [0.15, 0.2) is 30.5 Å². The molecule has 2 heterocycles. The number of anilines is 1. The Morgan fingerprint density at radius 2 is 2.25 bits per heavy atom. The predicted molar refractivity (Wildman–Crippen MR) is 88.1 cm³/mol. The summed E-state index contributed by atoms with van der Waals surface area (Å²) in [5.74, 6) is -0.575. The smallest absolute Gasteiger partial charge is 0.306 e. The number of aliphatic carboxylic acids is 1. The Labute approximate surface area is 143 Å². The molecule has 6 nitrogen and oxygen atoms in total. The number of fused-ring (bicyclic) bond motifs is 2. The van der Waals surface area contributed by atoms with E-state index in [9.17, 15) is 9.59 Å². The molecule has 1 saturated carbocycles. The summed E-state index contributed by atoms with van der Waals surface area (Å²) in [6.45, 7) is 0.495. The van der Waals surface area contributed by atoms with Crippen molar-refractivity contribution >= 4 is 29.3 Å². The van der Waals surface area contributed by atoms with E-state index in [-0.39, 0.29) is 17.2 Å². The minimum atomic E-state index is -0.792. The van der Waals surface area contributed by atoms with Gasteiger partial charge in [-0.15, -0.1) is 0 Å². The van der Waals surface area contributed by atoms with Gasteiger partial charge in [-0.2, -0.15) is 5.10 Å². The van der Waals surface area contributed by atoms with Gasteiger partial charge in [-0.25, -0.2) is 4.68 Å². The highest BCUT2D eigenvalue weighted by atomic mass is 35.5. The van der Waals surface area contributed by atoms with Crippen LogP contribution in [0, 0.1) is 5.92 Å². The number of nitrogens with zero attached hydrogens (tertiary/aromatic N) is 2. The van der Waals surface area contributed by atoms with Crippen LogP contribution in [0.1, 0.15) is 30.4 Å². The van der Waals surface area contributed by atoms with Gasteiger partial charge in [0.25, 0.3) is 0 Å². The van der Waals surface area contributed by atoms with Gasteiger partial charge < -0.3 is 10.4 Å². The second-order valence-electron chi connectivity index (χ2n) is 6.64. The Morgan fingerprint density at radius 1 is 1.46 bits per heavy atom. The first-order valence-electron chi connectivity index (χ1n) is 7.80. The number of carboxylic acids is 1. The molecule has 7 heteroatoms. The van der Waals surface area contributed by atoms with E-state index in [2.05, 4.69) is 10.4 Å². The highest BCUT2D eigenvalue weighted by Crippen LogP contribution is 2.54. The molecule has 1 fully saturated rings. The summed E-state index contributed by atoms with van der Waals surface area (Å²) in [5, 5.41) is 17.1. The van der Waals surface area contributed by atoms with E-state index in [0.29, 0.717) is 36.6 Å². The lowest BCUT2D eigenvalue weighted by Gasteiger charge is -2.47. The maximum Gasteiger partial charge on any atom is 0.306 e. The molecule has 0 bridgehead atoms. The van der Waals surface area contributed by atoms with Crippen molar-refractivity contribution in [2.75, 3.05) is 5.32 Å². The summed E-state index contributed by atoms with van der Waals surface area (Å²) in [5.41, 5.74) is 1.55. The molecule has 1 aromatic carbocycles. The molecule has 1 amide bonds. The summed E-state index contributed by atoms with van der Waals surface area (Å²) >= 11 is 6.02. The first kappa shape index (κ1) is 15.2. The average Bonchev–Trinajstić information content (AvgIpc) is 2.87. The topological polar surface area (TPSA) is 84.2 Å². The van der Waals surface area contributed by atoms with Gasteiger partial charge in [-0.3, -0.25) is 9.59 Å². The van der Waals surface area contributed by atoms with Gasteiger partial charge in [-0.1, -0.05) is 23.7 Å². The number of rotatable bonds is 3. The number of halogens is 1. The fraction of sp³-hybridized carbons (Fsp3) is 0.353. The molecule has 0 atom stereocenters. The van der Waals surface area contributed by atoms with Gasteiger partial charge >= 0.3 is 5.97 Å². The number of carbonyl (C=O) groups is 2. The van der Waals surface area contributed by atoms with E-state index < -0.39 is 5.97 Å². The zero-order chi connectivity index (χ0) is 16.9. The van der Waals surface area contributed by atoms with Crippen molar-refractivity contribution in [3.05, 3.63) is 46.6 Å². The second kappa shape index (κ2) is 5.34. The van der Waals surface area contributed by atoms with E-state index in [4.69, 9.17) is 16.7 Å². The van der Waals surface area contributed by atoms with Crippen LogP contribution in [0.3, 0.4) is 0 Å². The number of amides is 1. The number of benzene rings is 1. The fourth-order valence-corrected chi connectivity index (χ4v) is 4.05. The molecule has 1 aliphatic heterocycles. The molecule has 2 aromatic rings. The lowest BCUT2D eigenvalue weighted by Crippen LogP contribution is -2.49. The van der Waals surface area contributed by atoms with E-state index in [0.717, 1.165) is 11.1 Å². The molecule has 0 unspecified atom stereocenters. The van der Waals surface area contributed by atoms with Crippen molar-refractivity contribution in [3.63, 3.8) is 0 Å². The molecular formula is C17H16ClN3O3. The third-order valence-electron chi connectivity index (χ3n) is 5.01. The summed E-state index contributed by atoms with van der Waals surface area (Å²) in [4.78, 5) is 23.3. The molecule has 0 radical (unpaired) electrons. The second-order valence-corrected chi connectivity index (χ2v) is 7.08. The van der Waals surface area contributed by atoms with Crippen LogP contribution in [0.5, 0.6) is 0 Å². The lowest BCUT2D eigenvalue weighted by molar-refractivity contribution is -0.148. The number of aromatic nitrogens is 2. The highest BCUT2D eigenvalue weighted by molar-refractivity contribution is 6.30. The Kier molecular flexibility index (Phi) is 3.38. The van der Waals surface area contributed by atoms with Crippen molar-refractivity contribution in [3.8, 4) is 0 Å². The van der Waals surface area contributed by atoms with Crippen LogP contribution in [0.2, 0.25) is 5.02 Å². The van der Waals surface area contributed by atoms with Crippen LogP contribution in [-0.2, 0) is 21.5 Å². The molecule has 124 valence electrons. The molecule has 2 N–H and O–H groups in total. The maximum atomic E-state index is 12.1. The first-order valence-corrected chi connectivity index (χ1v) is 8.18. The zero-order valence-corrected chi connectivity index (χ0v) is 13.6. The fourth-order valence-electron chi connectivity index (χ4n) is 3.83. The quantitative estimate of drug-likeness (QED) is 0.895. The average molecular weight is 346 g/mol. The van der Waals surface area contributed by atoms with Crippen molar-refractivity contribution in [1.82, 2.24) is 9.78 Å². The van der Waals surface area contributed by atoms with Gasteiger partial charge in [-0.05, 0) is 30.5 Å². The lowest BCUT2D eigenvalue weighted by atomic mass is 9.56. The number of hydrogen-bond acceptors (Lipinski definition) is 3. The number of carbonyl (C=O) groups excluding carboxylic acids is 1. The largest absolute Gasteiger partial charge is 0.481 e. The molecule has 1 aromatic heterocycles. The van der Waals surface area contributed by atoms with Crippen LogP contribution in [0.4, 0.5) is 5.82 Å². The molecule has 4 rings (SSSR count). The Morgan fingerprint density at radius 3 is 2.96 bits per heavy atom. The Balaban J connectivity index is 1.66. The van der Waals surface area contributed by atoms with E-state index in [1.54, 1.807) is 16.9 Å². The SMILES string of the molecule is O=C1CC2(CC(C(=O)O)C2)c2cnn(Cc3cccc(Cl)c3)c2N1. The van der Waals surface area contributed by atoms with Gasteiger partial charge in [0.1, 0.15) is 5.82 Å². The minimum absolute atomic E-state index is 0.0841. The summed E-state index contributed by atoms with van der Waals surface area (Å²) in [7, 11) is 0. The van der Waals surface area contributed by atoms with E-state index in [1.807, 2.05) is 18.2 Å². The monoisotopic (exact) mass is 345 g/mol. The molecule has 24 heavy (non-hydrogen) atoms. The van der Waals surface area contributed by atoms with Gasteiger partial charge in [0, 0.05) is 22.4 Å². The molecular weight excluding hydrogens is 330 g/mol. The zero-order valence-electron chi connectivity index (χ0n) is 12.8. The Hall–Kier alpha value is -2.34. The normalized spacial score (nSPS) is 25.0. The predicted octanol–water partition coefficient (Wildman–Crippen LogP) is 2.66. The maximum absolute atomic E-state index is 12.1. The van der Waals surface area contributed by atoms with E-state index in [1.165, 1.54) is 0 Å². The molecule has 2 aliphatic rings. The van der Waals surface area contributed by atoms with Gasteiger partial charge in [0.2, 0.25) is 5.91 Å². The minimum Gasteiger partial charge on any atom is -0.481 e. The summed E-state index contributed by atoms with van der Waals surface area (Å²) < 4.78 is 1.74. The van der Waals surface area contributed by atoms with Crippen molar-refractivity contribution in [2.45, 2.75) is 31.2 Å². The van der Waals surface area contributed by atoms with E-state index >= 15 is 0 Å². The number of nitrogens with one attached hydrogen (secondary N) is 1. The van der Waals surface area contributed by atoms with Crippen molar-refractivity contribution < 1.29 is 14.7 Å².